The summed E-state index contributed by atoms with van der Waals surface area (Å²) in [6.07, 6.45) is 2.06. The van der Waals surface area contributed by atoms with Gasteiger partial charge in [0.1, 0.15) is 10.7 Å². The molecule has 1 N–H and O–H groups in total. The first-order valence-electron chi connectivity index (χ1n) is 8.77. The number of aromatic nitrogens is 4. The number of aryl methyl sites for hydroxylation is 2. The van der Waals surface area contributed by atoms with Crippen molar-refractivity contribution in [3.8, 4) is 11.3 Å². The lowest BCUT2D eigenvalue weighted by atomic mass is 10.0. The number of nitrogens with one attached hydrogen (secondary N) is 1. The summed E-state index contributed by atoms with van der Waals surface area (Å²) in [5.41, 5.74) is 2.87. The maximum Gasteiger partial charge on any atom is 0.246 e. The molecule has 0 unspecified atom stereocenters. The van der Waals surface area contributed by atoms with Crippen molar-refractivity contribution in [2.75, 3.05) is 6.54 Å². The van der Waals surface area contributed by atoms with E-state index >= 15 is 0 Å². The summed E-state index contributed by atoms with van der Waals surface area (Å²) < 4.78 is 43.5. The molecule has 0 radical (unpaired) electrons. The normalized spacial score (nSPS) is 15.1. The molecule has 0 spiro atoms. The number of sulfonamides is 1. The summed E-state index contributed by atoms with van der Waals surface area (Å²) in [6.45, 7) is 4.68. The van der Waals surface area contributed by atoms with Crippen molar-refractivity contribution in [3.63, 3.8) is 0 Å². The highest BCUT2D eigenvalue weighted by Crippen LogP contribution is 2.32. The summed E-state index contributed by atoms with van der Waals surface area (Å²) in [7, 11) is -3.70. The Labute approximate surface area is 156 Å². The molecule has 1 aliphatic rings. The Hall–Kier alpha value is -2.52. The molecule has 1 aromatic carbocycles. The van der Waals surface area contributed by atoms with E-state index in [1.54, 1.807) is 36.0 Å². The molecule has 1 aliphatic heterocycles. The fourth-order valence-corrected chi connectivity index (χ4v) is 4.98. The van der Waals surface area contributed by atoms with E-state index in [0.717, 1.165) is 11.3 Å². The van der Waals surface area contributed by atoms with Crippen LogP contribution in [-0.2, 0) is 29.5 Å². The number of hydrogen-bond acceptors (Lipinski definition) is 4. The second-order valence-corrected chi connectivity index (χ2v) is 8.44. The maximum absolute atomic E-state index is 14.2. The molecule has 3 heterocycles. The Morgan fingerprint density at radius 3 is 2.78 bits per heavy atom. The quantitative estimate of drug-likeness (QED) is 0.743. The monoisotopic (exact) mass is 389 g/mol. The Morgan fingerprint density at radius 1 is 1.30 bits per heavy atom. The molecule has 7 nitrogen and oxygen atoms in total. The largest absolute Gasteiger partial charge is 0.282 e. The summed E-state index contributed by atoms with van der Waals surface area (Å²) >= 11 is 0. The van der Waals surface area contributed by atoms with Gasteiger partial charge in [-0.2, -0.15) is 14.5 Å². The van der Waals surface area contributed by atoms with Crippen molar-refractivity contribution in [2.24, 2.45) is 0 Å². The van der Waals surface area contributed by atoms with Crippen LogP contribution in [0.5, 0.6) is 0 Å². The van der Waals surface area contributed by atoms with Crippen LogP contribution in [0.3, 0.4) is 0 Å². The molecule has 27 heavy (non-hydrogen) atoms. The lowest BCUT2D eigenvalue weighted by Gasteiger charge is -2.26. The third kappa shape index (κ3) is 2.96. The van der Waals surface area contributed by atoms with Gasteiger partial charge in [0.15, 0.2) is 0 Å². The third-order valence-corrected chi connectivity index (χ3v) is 6.82. The Morgan fingerprint density at radius 2 is 2.07 bits per heavy atom. The average Bonchev–Trinajstić information content (AvgIpc) is 3.25. The highest BCUT2D eigenvalue weighted by Gasteiger charge is 2.33. The van der Waals surface area contributed by atoms with Crippen molar-refractivity contribution in [1.82, 2.24) is 24.3 Å². The lowest BCUT2D eigenvalue weighted by Crippen LogP contribution is -2.36. The van der Waals surface area contributed by atoms with Crippen molar-refractivity contribution < 1.29 is 12.8 Å². The van der Waals surface area contributed by atoms with Gasteiger partial charge < -0.3 is 0 Å². The van der Waals surface area contributed by atoms with Gasteiger partial charge in [-0.1, -0.05) is 12.1 Å². The van der Waals surface area contributed by atoms with Gasteiger partial charge in [0.05, 0.1) is 11.4 Å². The highest BCUT2D eigenvalue weighted by atomic mass is 32.2. The van der Waals surface area contributed by atoms with Crippen LogP contribution in [0.4, 0.5) is 4.39 Å². The van der Waals surface area contributed by atoms with E-state index < -0.39 is 10.0 Å². The summed E-state index contributed by atoms with van der Waals surface area (Å²) in [6, 6.07) is 6.37. The second-order valence-electron chi connectivity index (χ2n) is 6.53. The number of benzene rings is 1. The zero-order chi connectivity index (χ0) is 19.2. The standard InChI is InChI=1S/C18H20FN5O2S/c1-3-23-11-17(12(2)22-23)27(25,26)24-9-8-16-14(10-24)18(21-20-16)13-6-4-5-7-15(13)19/h4-7,11H,3,8-10H2,1-2H3,(H,20,21). The van der Waals surface area contributed by atoms with Crippen LogP contribution in [-0.4, -0.2) is 39.2 Å². The first kappa shape index (κ1) is 17.9. The number of fused-ring (bicyclic) bond motifs is 1. The third-order valence-electron chi connectivity index (χ3n) is 4.87. The molecule has 4 rings (SSSR count). The Balaban J connectivity index is 1.72. The lowest BCUT2D eigenvalue weighted by molar-refractivity contribution is 0.390. The molecule has 0 atom stereocenters. The fraction of sp³-hybridized carbons (Fsp3) is 0.333. The van der Waals surface area contributed by atoms with Gasteiger partial charge >= 0.3 is 0 Å². The topological polar surface area (TPSA) is 83.9 Å². The molecular weight excluding hydrogens is 369 g/mol. The number of H-pyrrole nitrogens is 1. The van der Waals surface area contributed by atoms with Crippen LogP contribution in [0.25, 0.3) is 11.3 Å². The van der Waals surface area contributed by atoms with E-state index in [1.165, 1.54) is 10.4 Å². The van der Waals surface area contributed by atoms with Gasteiger partial charge in [0.25, 0.3) is 0 Å². The van der Waals surface area contributed by atoms with E-state index in [-0.39, 0.29) is 17.3 Å². The van der Waals surface area contributed by atoms with Crippen molar-refractivity contribution in [3.05, 3.63) is 53.2 Å². The zero-order valence-electron chi connectivity index (χ0n) is 15.1. The van der Waals surface area contributed by atoms with Gasteiger partial charge in [0.2, 0.25) is 10.0 Å². The van der Waals surface area contributed by atoms with E-state index in [9.17, 15) is 12.8 Å². The predicted molar refractivity (Wildman–Crippen MR) is 97.9 cm³/mol. The van der Waals surface area contributed by atoms with Crippen molar-refractivity contribution in [1.29, 1.82) is 0 Å². The zero-order valence-corrected chi connectivity index (χ0v) is 15.9. The maximum atomic E-state index is 14.2. The highest BCUT2D eigenvalue weighted by molar-refractivity contribution is 7.89. The molecule has 0 aliphatic carbocycles. The number of halogens is 1. The van der Waals surface area contributed by atoms with Gasteiger partial charge in [-0.25, -0.2) is 12.8 Å². The van der Waals surface area contributed by atoms with Gasteiger partial charge in [-0.3, -0.25) is 9.78 Å². The fourth-order valence-electron chi connectivity index (χ4n) is 3.41. The Bertz CT molecular complexity index is 1100. The summed E-state index contributed by atoms with van der Waals surface area (Å²) in [5.74, 6) is -0.383. The smallest absolute Gasteiger partial charge is 0.246 e. The molecule has 0 fully saturated rings. The number of rotatable bonds is 4. The van der Waals surface area contributed by atoms with Crippen LogP contribution in [0.1, 0.15) is 23.9 Å². The van der Waals surface area contributed by atoms with Crippen LogP contribution in [0, 0.1) is 12.7 Å². The minimum absolute atomic E-state index is 0.147. The molecule has 142 valence electrons. The van der Waals surface area contributed by atoms with E-state index in [2.05, 4.69) is 15.3 Å². The molecule has 0 bridgehead atoms. The van der Waals surface area contributed by atoms with E-state index in [0.29, 0.717) is 36.5 Å². The predicted octanol–water partition coefficient (Wildman–Crippen LogP) is 2.49. The summed E-state index contributed by atoms with van der Waals surface area (Å²) in [5, 5.41) is 11.4. The molecular formula is C18H20FN5O2S. The summed E-state index contributed by atoms with van der Waals surface area (Å²) in [4.78, 5) is 0.212. The molecule has 0 saturated carbocycles. The number of hydrogen-bond donors (Lipinski definition) is 1. The van der Waals surface area contributed by atoms with E-state index in [4.69, 9.17) is 0 Å². The number of nitrogens with zero attached hydrogens (tertiary/aromatic N) is 4. The van der Waals surface area contributed by atoms with Crippen LogP contribution < -0.4 is 0 Å². The first-order valence-corrected chi connectivity index (χ1v) is 10.2. The van der Waals surface area contributed by atoms with Crippen molar-refractivity contribution in [2.45, 2.75) is 38.3 Å². The second kappa shape index (κ2) is 6.58. The van der Waals surface area contributed by atoms with Crippen LogP contribution in [0.2, 0.25) is 0 Å². The van der Waals surface area contributed by atoms with Gasteiger partial charge in [-0.05, 0) is 26.0 Å². The van der Waals surface area contributed by atoms with Crippen LogP contribution >= 0.6 is 0 Å². The molecule has 3 aromatic rings. The Kier molecular flexibility index (Phi) is 4.35. The van der Waals surface area contributed by atoms with Gasteiger partial charge in [-0.15, -0.1) is 0 Å². The first-order chi connectivity index (χ1) is 12.9. The van der Waals surface area contributed by atoms with Crippen molar-refractivity contribution >= 4 is 10.0 Å². The average molecular weight is 389 g/mol. The molecule has 9 heteroatoms. The minimum Gasteiger partial charge on any atom is -0.282 e. The minimum atomic E-state index is -3.70. The molecule has 0 saturated heterocycles. The number of aromatic amines is 1. The molecule has 2 aromatic heterocycles. The molecule has 0 amide bonds. The van der Waals surface area contributed by atoms with Crippen LogP contribution in [0.15, 0.2) is 35.4 Å². The van der Waals surface area contributed by atoms with E-state index in [1.807, 2.05) is 6.92 Å². The van der Waals surface area contributed by atoms with Gasteiger partial charge in [0, 0.05) is 49.1 Å². The SMILES string of the molecule is CCn1cc(S(=O)(=O)N2CCc3[nH]nc(-c4ccccc4F)c3C2)c(C)n1.